The Kier molecular flexibility index (Phi) is 7.92. The molecule has 0 atom stereocenters. The van der Waals surface area contributed by atoms with E-state index in [2.05, 4.69) is 0 Å². The van der Waals surface area contributed by atoms with E-state index < -0.39 is 93.8 Å². The lowest BCUT2D eigenvalue weighted by Crippen LogP contribution is -2.51. The second kappa shape index (κ2) is 9.41. The first kappa shape index (κ1) is 30.3. The fraction of sp³-hybridized carbons (Fsp3) is 0.143. The van der Waals surface area contributed by atoms with E-state index in [1.165, 1.54) is 0 Å². The average molecular weight is 626 g/mol. The fourth-order valence-corrected chi connectivity index (χ4v) is 8.01. The van der Waals surface area contributed by atoms with E-state index in [4.69, 9.17) is 9.11 Å². The van der Waals surface area contributed by atoms with Crippen molar-refractivity contribution in [3.8, 4) is 0 Å². The molecule has 0 spiro atoms. The van der Waals surface area contributed by atoms with Gasteiger partial charge in [-0.2, -0.15) is 34.4 Å². The number of benzene rings is 2. The van der Waals surface area contributed by atoms with Crippen LogP contribution in [-0.2, 0) is 40.3 Å². The summed E-state index contributed by atoms with van der Waals surface area (Å²) in [5, 5.41) is -12.2. The summed E-state index contributed by atoms with van der Waals surface area (Å²) in [5.74, 6) is -3.10. The lowest BCUT2D eigenvalue weighted by molar-refractivity contribution is -0.0905. The Bertz CT molecular complexity index is 1640. The molecule has 0 aliphatic carbocycles. The van der Waals surface area contributed by atoms with Gasteiger partial charge in [0.15, 0.2) is 0 Å². The molecule has 0 aromatic heterocycles. The highest BCUT2D eigenvalue weighted by Crippen LogP contribution is 2.50. The molecule has 0 heterocycles. The molecule has 2 aromatic carbocycles. The van der Waals surface area contributed by atoms with E-state index >= 15 is 0 Å². The zero-order valence-corrected chi connectivity index (χ0v) is 20.5. The van der Waals surface area contributed by atoms with Gasteiger partial charge >= 0.3 is 10.5 Å². The Balaban J connectivity index is 2.57. The van der Waals surface area contributed by atoms with Crippen molar-refractivity contribution in [2.45, 2.75) is 30.1 Å². The van der Waals surface area contributed by atoms with Gasteiger partial charge in [0, 0.05) is 11.0 Å². The standard InChI is InChI=1S/C14H9F6NO10S5/c15-7-1-3-10(9(16)5-7)32-13(17,18)14(19,20)36(30,31)21-33(22,23)11-4-2-8(34(24,25)26)6-12(11)35(27,28)29/h1-6,21H,(H,24,25,26)(H,27,28,29). The molecular weight excluding hydrogens is 616 g/mol. The summed E-state index contributed by atoms with van der Waals surface area (Å²) in [6.07, 6.45) is 0. The topological polar surface area (TPSA) is 189 Å². The molecule has 202 valence electrons. The minimum Gasteiger partial charge on any atom is -0.282 e. The number of thioether (sulfide) groups is 1. The lowest BCUT2D eigenvalue weighted by atomic mass is 10.3. The van der Waals surface area contributed by atoms with Crippen molar-refractivity contribution in [1.82, 2.24) is 4.13 Å². The van der Waals surface area contributed by atoms with Gasteiger partial charge in [-0.15, -0.1) is 0 Å². The van der Waals surface area contributed by atoms with E-state index in [9.17, 15) is 60.0 Å². The summed E-state index contributed by atoms with van der Waals surface area (Å²) in [6.45, 7) is 0. The summed E-state index contributed by atoms with van der Waals surface area (Å²) in [6, 6.07) is 0.496. The Morgan fingerprint density at radius 2 is 1.31 bits per heavy atom. The highest BCUT2D eigenvalue weighted by atomic mass is 32.3. The Morgan fingerprint density at radius 1 is 0.750 bits per heavy atom. The number of nitrogens with one attached hydrogen (secondary N) is 1. The van der Waals surface area contributed by atoms with Crippen LogP contribution >= 0.6 is 11.8 Å². The van der Waals surface area contributed by atoms with Gasteiger partial charge in [-0.3, -0.25) is 9.11 Å². The van der Waals surface area contributed by atoms with Crippen molar-refractivity contribution in [3.05, 3.63) is 48.0 Å². The van der Waals surface area contributed by atoms with Crippen LogP contribution in [-0.4, -0.2) is 53.3 Å². The molecule has 0 aliphatic heterocycles. The van der Waals surface area contributed by atoms with Gasteiger partial charge in [0.25, 0.3) is 40.3 Å². The summed E-state index contributed by atoms with van der Waals surface area (Å²) in [7, 11) is -24.2. The number of alkyl halides is 4. The molecule has 36 heavy (non-hydrogen) atoms. The van der Waals surface area contributed by atoms with Crippen LogP contribution in [0, 0.1) is 11.6 Å². The molecule has 22 heteroatoms. The first-order valence-electron chi connectivity index (χ1n) is 8.19. The summed E-state index contributed by atoms with van der Waals surface area (Å²) in [4.78, 5) is -6.57. The predicted molar refractivity (Wildman–Crippen MR) is 107 cm³/mol. The van der Waals surface area contributed by atoms with Crippen LogP contribution in [0.5, 0.6) is 0 Å². The van der Waals surface area contributed by atoms with E-state index in [1.807, 2.05) is 0 Å². The molecule has 0 radical (unpaired) electrons. The monoisotopic (exact) mass is 625 g/mol. The maximum Gasteiger partial charge on any atom is 0.431 e. The minimum atomic E-state index is -7.05. The van der Waals surface area contributed by atoms with Crippen molar-refractivity contribution < 1.29 is 69.1 Å². The van der Waals surface area contributed by atoms with Crippen LogP contribution in [0.1, 0.15) is 0 Å². The molecule has 0 amide bonds. The molecule has 11 nitrogen and oxygen atoms in total. The van der Waals surface area contributed by atoms with Crippen molar-refractivity contribution in [2.24, 2.45) is 0 Å². The second-order valence-corrected chi connectivity index (χ2v) is 14.0. The largest absolute Gasteiger partial charge is 0.431 e. The maximum atomic E-state index is 14.3. The van der Waals surface area contributed by atoms with Gasteiger partial charge in [-0.05, 0) is 42.1 Å². The van der Waals surface area contributed by atoms with Gasteiger partial charge in [0.1, 0.15) is 21.4 Å². The third-order valence-corrected chi connectivity index (χ3v) is 10.5. The number of hydrogen-bond acceptors (Lipinski definition) is 9. The smallest absolute Gasteiger partial charge is 0.282 e. The molecule has 0 saturated heterocycles. The normalized spacial score (nSPS) is 14.1. The molecule has 2 rings (SSSR count). The second-order valence-electron chi connectivity index (χ2n) is 6.36. The van der Waals surface area contributed by atoms with Crippen LogP contribution in [0.3, 0.4) is 0 Å². The Hall–Kier alpha value is -1.95. The highest BCUT2D eigenvalue weighted by molar-refractivity contribution is 8.06. The van der Waals surface area contributed by atoms with Crippen molar-refractivity contribution in [3.63, 3.8) is 0 Å². The number of rotatable bonds is 9. The molecule has 0 bridgehead atoms. The molecule has 2 aromatic rings. The van der Waals surface area contributed by atoms with Gasteiger partial charge in [-0.1, -0.05) is 4.13 Å². The first-order chi connectivity index (χ1) is 15.9. The SMILES string of the molecule is O=S(=O)(O)c1ccc(S(=O)(=O)NS(=O)(=O)C(F)(F)C(F)(F)Sc2ccc(F)cc2F)c(S(=O)(=O)O)c1. The van der Waals surface area contributed by atoms with Crippen LogP contribution in [0.2, 0.25) is 0 Å². The average Bonchev–Trinajstić information content (AvgIpc) is 2.67. The minimum absolute atomic E-state index is 0.000858. The molecule has 0 unspecified atom stereocenters. The summed E-state index contributed by atoms with van der Waals surface area (Å²) in [5.41, 5.74) is 0. The van der Waals surface area contributed by atoms with E-state index in [0.717, 1.165) is 0 Å². The van der Waals surface area contributed by atoms with Gasteiger partial charge in [-0.25, -0.2) is 25.6 Å². The molecule has 0 saturated carbocycles. The van der Waals surface area contributed by atoms with Crippen LogP contribution in [0.15, 0.2) is 56.0 Å². The zero-order chi connectivity index (χ0) is 28.1. The third kappa shape index (κ3) is 6.12. The molecule has 0 fully saturated rings. The van der Waals surface area contributed by atoms with Crippen molar-refractivity contribution in [1.29, 1.82) is 0 Å². The van der Waals surface area contributed by atoms with Gasteiger partial charge < -0.3 is 0 Å². The van der Waals surface area contributed by atoms with E-state index in [1.54, 1.807) is 0 Å². The summed E-state index contributed by atoms with van der Waals surface area (Å²) < 4.78 is 195. The quantitative estimate of drug-likeness (QED) is 0.210. The number of halogens is 6. The molecular formula is C14H9F6NO10S5. The van der Waals surface area contributed by atoms with Crippen molar-refractivity contribution in [2.75, 3.05) is 0 Å². The van der Waals surface area contributed by atoms with Crippen LogP contribution < -0.4 is 4.13 Å². The van der Waals surface area contributed by atoms with E-state index in [0.29, 0.717) is 6.07 Å². The lowest BCUT2D eigenvalue weighted by Gasteiger charge is -2.25. The molecule has 3 N–H and O–H groups in total. The highest BCUT2D eigenvalue weighted by Gasteiger charge is 2.67. The van der Waals surface area contributed by atoms with Gasteiger partial charge in [0.05, 0.1) is 4.90 Å². The van der Waals surface area contributed by atoms with Crippen LogP contribution in [0.25, 0.3) is 0 Å². The maximum absolute atomic E-state index is 14.3. The molecule has 0 aliphatic rings. The van der Waals surface area contributed by atoms with Crippen molar-refractivity contribution >= 4 is 52.0 Å². The Labute approximate surface area is 203 Å². The fourth-order valence-electron chi connectivity index (χ4n) is 2.23. The first-order valence-corrected chi connectivity index (χ1v) is 14.9. The van der Waals surface area contributed by atoms with Gasteiger partial charge in [0.2, 0.25) is 0 Å². The number of sulfonamides is 2. The van der Waals surface area contributed by atoms with E-state index in [-0.39, 0.29) is 34.5 Å². The predicted octanol–water partition coefficient (Wildman–Crippen LogP) is 2.04. The zero-order valence-electron chi connectivity index (χ0n) is 16.4. The van der Waals surface area contributed by atoms with Crippen LogP contribution in [0.4, 0.5) is 26.3 Å². The Morgan fingerprint density at radius 3 is 1.78 bits per heavy atom. The third-order valence-electron chi connectivity index (χ3n) is 3.81. The number of hydrogen-bond donors (Lipinski definition) is 3. The summed E-state index contributed by atoms with van der Waals surface area (Å²) >= 11 is -1.42.